The number of carbonyl (C=O) groups is 1. The Morgan fingerprint density at radius 3 is 3.00 bits per heavy atom. The van der Waals surface area contributed by atoms with Gasteiger partial charge in [0, 0.05) is 18.7 Å². The van der Waals surface area contributed by atoms with Crippen LogP contribution in [0.5, 0.6) is 0 Å². The molecule has 0 aromatic heterocycles. The van der Waals surface area contributed by atoms with Crippen LogP contribution in [0.15, 0.2) is 18.2 Å². The second kappa shape index (κ2) is 6.53. The molecule has 3 nitrogen and oxygen atoms in total. The minimum Gasteiger partial charge on any atom is -0.338 e. The zero-order valence-corrected chi connectivity index (χ0v) is 11.7. The van der Waals surface area contributed by atoms with Gasteiger partial charge in [0.1, 0.15) is 5.82 Å². The first kappa shape index (κ1) is 14.5. The molecule has 1 heterocycles. The zero-order chi connectivity index (χ0) is 14.5. The maximum Gasteiger partial charge on any atom is 0.256 e. The third-order valence-electron chi connectivity index (χ3n) is 3.48. The van der Waals surface area contributed by atoms with Crippen LogP contribution in [0.25, 0.3) is 0 Å². The molecule has 0 bridgehead atoms. The fourth-order valence-electron chi connectivity index (χ4n) is 2.46. The number of benzene rings is 1. The SMILES string of the molecule is CC1CCCN(C(=O)c2ccc(C#CCN)cc2F)C1. The molecule has 0 aliphatic carbocycles. The summed E-state index contributed by atoms with van der Waals surface area (Å²) in [7, 11) is 0. The molecule has 1 aliphatic heterocycles. The molecular formula is C16H19FN2O. The highest BCUT2D eigenvalue weighted by Gasteiger charge is 2.23. The Labute approximate surface area is 119 Å². The molecule has 20 heavy (non-hydrogen) atoms. The summed E-state index contributed by atoms with van der Waals surface area (Å²) in [5.41, 5.74) is 5.94. The summed E-state index contributed by atoms with van der Waals surface area (Å²) in [6.45, 7) is 3.75. The topological polar surface area (TPSA) is 46.3 Å². The summed E-state index contributed by atoms with van der Waals surface area (Å²) in [4.78, 5) is 14.1. The molecule has 0 saturated carbocycles. The minimum absolute atomic E-state index is 0.123. The van der Waals surface area contributed by atoms with Crippen molar-refractivity contribution in [2.75, 3.05) is 19.6 Å². The monoisotopic (exact) mass is 274 g/mol. The summed E-state index contributed by atoms with van der Waals surface area (Å²) in [5, 5.41) is 0. The second-order valence-corrected chi connectivity index (χ2v) is 5.20. The molecule has 4 heteroatoms. The number of rotatable bonds is 1. The Hall–Kier alpha value is -1.86. The van der Waals surface area contributed by atoms with E-state index in [1.807, 2.05) is 0 Å². The van der Waals surface area contributed by atoms with Gasteiger partial charge in [-0.05, 0) is 37.0 Å². The average molecular weight is 274 g/mol. The third-order valence-corrected chi connectivity index (χ3v) is 3.48. The molecule has 0 radical (unpaired) electrons. The predicted octanol–water partition coefficient (Wildman–Crippen LogP) is 2.01. The van der Waals surface area contributed by atoms with Gasteiger partial charge in [0.25, 0.3) is 5.91 Å². The van der Waals surface area contributed by atoms with Gasteiger partial charge < -0.3 is 10.6 Å². The Kier molecular flexibility index (Phi) is 4.75. The first-order valence-corrected chi connectivity index (χ1v) is 6.89. The van der Waals surface area contributed by atoms with E-state index in [1.54, 1.807) is 11.0 Å². The molecule has 0 spiro atoms. The molecule has 106 valence electrons. The molecule has 1 atom stereocenters. The summed E-state index contributed by atoms with van der Waals surface area (Å²) in [6, 6.07) is 4.47. The van der Waals surface area contributed by atoms with Crippen LogP contribution in [0, 0.1) is 23.6 Å². The van der Waals surface area contributed by atoms with Gasteiger partial charge in [-0.1, -0.05) is 18.8 Å². The van der Waals surface area contributed by atoms with E-state index in [0.717, 1.165) is 12.8 Å². The number of piperidine rings is 1. The molecule has 2 rings (SSSR count). The maximum atomic E-state index is 14.0. The molecule has 1 amide bonds. The lowest BCUT2D eigenvalue weighted by atomic mass is 9.99. The van der Waals surface area contributed by atoms with E-state index in [9.17, 15) is 9.18 Å². The Bertz CT molecular complexity index is 559. The number of amides is 1. The van der Waals surface area contributed by atoms with Gasteiger partial charge in [0.15, 0.2) is 0 Å². The first-order chi connectivity index (χ1) is 9.61. The lowest BCUT2D eigenvalue weighted by Crippen LogP contribution is -2.39. The number of likely N-dealkylation sites (tertiary alicyclic amines) is 1. The first-order valence-electron chi connectivity index (χ1n) is 6.89. The number of hydrogen-bond donors (Lipinski definition) is 1. The van der Waals surface area contributed by atoms with Gasteiger partial charge >= 0.3 is 0 Å². The normalized spacial score (nSPS) is 18.4. The fourth-order valence-corrected chi connectivity index (χ4v) is 2.46. The molecule has 2 N–H and O–H groups in total. The van der Waals surface area contributed by atoms with Crippen LogP contribution in [0.2, 0.25) is 0 Å². The molecule has 1 aromatic carbocycles. The van der Waals surface area contributed by atoms with Crippen LogP contribution in [0.4, 0.5) is 4.39 Å². The van der Waals surface area contributed by atoms with Crippen molar-refractivity contribution < 1.29 is 9.18 Å². The van der Waals surface area contributed by atoms with Crippen molar-refractivity contribution in [2.45, 2.75) is 19.8 Å². The number of nitrogens with two attached hydrogens (primary N) is 1. The second-order valence-electron chi connectivity index (χ2n) is 5.20. The zero-order valence-electron chi connectivity index (χ0n) is 11.7. The van der Waals surface area contributed by atoms with E-state index in [2.05, 4.69) is 18.8 Å². The van der Waals surface area contributed by atoms with Crippen molar-refractivity contribution >= 4 is 5.91 Å². The van der Waals surface area contributed by atoms with E-state index < -0.39 is 5.82 Å². The molecule has 1 fully saturated rings. The molecule has 1 unspecified atom stereocenters. The van der Waals surface area contributed by atoms with Gasteiger partial charge in [-0.3, -0.25) is 4.79 Å². The van der Waals surface area contributed by atoms with Gasteiger partial charge in [-0.15, -0.1) is 0 Å². The summed E-state index contributed by atoms with van der Waals surface area (Å²) in [6.07, 6.45) is 2.11. The van der Waals surface area contributed by atoms with Crippen molar-refractivity contribution in [3.8, 4) is 11.8 Å². The Balaban J connectivity index is 2.17. The highest BCUT2D eigenvalue weighted by atomic mass is 19.1. The minimum atomic E-state index is -0.517. The lowest BCUT2D eigenvalue weighted by Gasteiger charge is -2.31. The van der Waals surface area contributed by atoms with Crippen LogP contribution < -0.4 is 5.73 Å². The van der Waals surface area contributed by atoms with Gasteiger partial charge in [-0.2, -0.15) is 0 Å². The van der Waals surface area contributed by atoms with E-state index in [1.165, 1.54) is 12.1 Å². The lowest BCUT2D eigenvalue weighted by molar-refractivity contribution is 0.0678. The summed E-state index contributed by atoms with van der Waals surface area (Å²) in [5.74, 6) is 5.15. The largest absolute Gasteiger partial charge is 0.338 e. The van der Waals surface area contributed by atoms with Crippen molar-refractivity contribution in [1.29, 1.82) is 0 Å². The molecular weight excluding hydrogens is 255 g/mol. The molecule has 1 aromatic rings. The Morgan fingerprint density at radius 2 is 2.35 bits per heavy atom. The molecule has 1 aliphatic rings. The van der Waals surface area contributed by atoms with Crippen molar-refractivity contribution in [3.05, 3.63) is 35.1 Å². The molecule has 1 saturated heterocycles. The van der Waals surface area contributed by atoms with Crippen molar-refractivity contribution in [3.63, 3.8) is 0 Å². The number of nitrogens with zero attached hydrogens (tertiary/aromatic N) is 1. The standard InChI is InChI=1S/C16H19FN2O/c1-12-4-3-9-19(11-12)16(20)14-7-6-13(5-2-8-18)10-15(14)17/h6-7,10,12H,3-4,8-9,11,18H2,1H3. The number of hydrogen-bond acceptors (Lipinski definition) is 2. The van der Waals surface area contributed by atoms with Crippen molar-refractivity contribution in [1.82, 2.24) is 4.90 Å². The van der Waals surface area contributed by atoms with E-state index >= 15 is 0 Å². The van der Waals surface area contributed by atoms with E-state index in [0.29, 0.717) is 24.6 Å². The van der Waals surface area contributed by atoms with Crippen LogP contribution >= 0.6 is 0 Å². The van der Waals surface area contributed by atoms with E-state index in [4.69, 9.17) is 5.73 Å². The van der Waals surface area contributed by atoms with Crippen LogP contribution in [0.1, 0.15) is 35.7 Å². The quantitative estimate of drug-likeness (QED) is 0.796. The Morgan fingerprint density at radius 1 is 1.55 bits per heavy atom. The average Bonchev–Trinajstić information content (AvgIpc) is 2.44. The van der Waals surface area contributed by atoms with E-state index in [-0.39, 0.29) is 18.0 Å². The van der Waals surface area contributed by atoms with Crippen LogP contribution in [-0.2, 0) is 0 Å². The summed E-state index contributed by atoms with van der Waals surface area (Å²) < 4.78 is 14.0. The highest BCUT2D eigenvalue weighted by Crippen LogP contribution is 2.19. The van der Waals surface area contributed by atoms with Crippen LogP contribution in [0.3, 0.4) is 0 Å². The summed E-state index contributed by atoms with van der Waals surface area (Å²) >= 11 is 0. The number of carbonyl (C=O) groups excluding carboxylic acids is 1. The maximum absolute atomic E-state index is 14.0. The fraction of sp³-hybridized carbons (Fsp3) is 0.438. The van der Waals surface area contributed by atoms with Crippen LogP contribution in [-0.4, -0.2) is 30.4 Å². The predicted molar refractivity (Wildman–Crippen MR) is 76.6 cm³/mol. The highest BCUT2D eigenvalue weighted by molar-refractivity contribution is 5.94. The smallest absolute Gasteiger partial charge is 0.256 e. The van der Waals surface area contributed by atoms with Crippen molar-refractivity contribution in [2.24, 2.45) is 11.7 Å². The van der Waals surface area contributed by atoms with Gasteiger partial charge in [0.2, 0.25) is 0 Å². The van der Waals surface area contributed by atoms with Gasteiger partial charge in [0.05, 0.1) is 12.1 Å². The third kappa shape index (κ3) is 3.37. The number of halogens is 1. The van der Waals surface area contributed by atoms with Gasteiger partial charge in [-0.25, -0.2) is 4.39 Å².